The molecule has 1 N–H and O–H groups in total. The predicted octanol–water partition coefficient (Wildman–Crippen LogP) is 4.90. The molecule has 0 spiro atoms. The second-order valence-corrected chi connectivity index (χ2v) is 5.70. The molecule has 120 valence electrons. The minimum absolute atomic E-state index is 0.137. The van der Waals surface area contributed by atoms with Gasteiger partial charge in [-0.1, -0.05) is 60.7 Å². The van der Waals surface area contributed by atoms with E-state index < -0.39 is 5.92 Å². The fourth-order valence-corrected chi connectivity index (χ4v) is 2.76. The van der Waals surface area contributed by atoms with E-state index in [1.54, 1.807) is 13.0 Å². The number of carbonyl (C=O) groups is 1. The van der Waals surface area contributed by atoms with Gasteiger partial charge in [-0.3, -0.25) is 4.79 Å². The van der Waals surface area contributed by atoms with E-state index in [-0.39, 0.29) is 11.7 Å². The Bertz CT molecular complexity index is 791. The number of hydrogen-bond donors (Lipinski definition) is 1. The van der Waals surface area contributed by atoms with Crippen LogP contribution in [0.5, 0.6) is 0 Å². The normalized spacial score (nSPS) is 10.6. The molecule has 0 aliphatic rings. The first kappa shape index (κ1) is 15.9. The first-order valence-electron chi connectivity index (χ1n) is 7.82. The third kappa shape index (κ3) is 3.51. The van der Waals surface area contributed by atoms with Crippen LogP contribution in [0.1, 0.15) is 22.6 Å². The summed E-state index contributed by atoms with van der Waals surface area (Å²) in [6, 6.07) is 23.6. The van der Waals surface area contributed by atoms with Crippen molar-refractivity contribution in [3.8, 4) is 0 Å². The van der Waals surface area contributed by atoms with Gasteiger partial charge in [-0.2, -0.15) is 0 Å². The number of anilines is 1. The zero-order valence-corrected chi connectivity index (χ0v) is 13.4. The summed E-state index contributed by atoms with van der Waals surface area (Å²) in [5, 5.41) is 2.93. The summed E-state index contributed by atoms with van der Waals surface area (Å²) in [7, 11) is 0. The fourth-order valence-electron chi connectivity index (χ4n) is 2.76. The summed E-state index contributed by atoms with van der Waals surface area (Å²) in [6.45, 7) is 1.78. The zero-order valence-electron chi connectivity index (χ0n) is 13.4. The van der Waals surface area contributed by atoms with E-state index >= 15 is 0 Å². The van der Waals surface area contributed by atoms with Gasteiger partial charge in [-0.05, 0) is 41.8 Å². The molecule has 0 heterocycles. The Morgan fingerprint density at radius 2 is 1.42 bits per heavy atom. The van der Waals surface area contributed by atoms with Crippen LogP contribution in [-0.2, 0) is 4.79 Å². The second-order valence-electron chi connectivity index (χ2n) is 5.70. The quantitative estimate of drug-likeness (QED) is 0.728. The highest BCUT2D eigenvalue weighted by Gasteiger charge is 2.23. The Labute approximate surface area is 141 Å². The van der Waals surface area contributed by atoms with Crippen LogP contribution in [0.3, 0.4) is 0 Å². The Hall–Kier alpha value is -2.94. The molecule has 3 rings (SSSR count). The lowest BCUT2D eigenvalue weighted by Gasteiger charge is -2.18. The van der Waals surface area contributed by atoms with Crippen LogP contribution < -0.4 is 5.32 Å². The lowest BCUT2D eigenvalue weighted by molar-refractivity contribution is -0.116. The number of amides is 1. The summed E-state index contributed by atoms with van der Waals surface area (Å²) in [4.78, 5) is 12.9. The van der Waals surface area contributed by atoms with E-state index in [1.807, 2.05) is 60.7 Å². The summed E-state index contributed by atoms with van der Waals surface area (Å²) < 4.78 is 13.3. The maximum atomic E-state index is 13.3. The molecule has 0 saturated carbocycles. The number of rotatable bonds is 4. The van der Waals surface area contributed by atoms with Crippen LogP contribution in [0.2, 0.25) is 0 Å². The Kier molecular flexibility index (Phi) is 4.71. The van der Waals surface area contributed by atoms with Gasteiger partial charge in [-0.15, -0.1) is 0 Å². The van der Waals surface area contributed by atoms with Gasteiger partial charge >= 0.3 is 0 Å². The highest BCUT2D eigenvalue weighted by molar-refractivity contribution is 5.98. The summed E-state index contributed by atoms with van der Waals surface area (Å²) >= 11 is 0. The van der Waals surface area contributed by atoms with Crippen LogP contribution >= 0.6 is 0 Å². The fraction of sp³-hybridized carbons (Fsp3) is 0.0952. The molecule has 3 aromatic rings. The molecule has 0 atom stereocenters. The lowest BCUT2D eigenvalue weighted by atomic mass is 9.90. The molecule has 0 unspecified atom stereocenters. The molecule has 0 aliphatic carbocycles. The van der Waals surface area contributed by atoms with E-state index in [2.05, 4.69) is 5.32 Å². The molecule has 2 nitrogen and oxygen atoms in total. The van der Waals surface area contributed by atoms with Gasteiger partial charge in [0.2, 0.25) is 5.91 Å². The van der Waals surface area contributed by atoms with E-state index in [4.69, 9.17) is 0 Å². The number of benzene rings is 3. The van der Waals surface area contributed by atoms with Crippen molar-refractivity contribution in [1.82, 2.24) is 0 Å². The maximum Gasteiger partial charge on any atom is 0.236 e. The minimum Gasteiger partial charge on any atom is -0.325 e. The largest absolute Gasteiger partial charge is 0.325 e. The number of carbonyl (C=O) groups excluding carboxylic acids is 1. The van der Waals surface area contributed by atoms with Crippen molar-refractivity contribution in [1.29, 1.82) is 0 Å². The van der Waals surface area contributed by atoms with Crippen molar-refractivity contribution in [2.45, 2.75) is 12.8 Å². The molecule has 1 amide bonds. The average molecular weight is 319 g/mol. The summed E-state index contributed by atoms with van der Waals surface area (Å²) in [5.74, 6) is -0.868. The highest BCUT2D eigenvalue weighted by Crippen LogP contribution is 2.27. The van der Waals surface area contributed by atoms with Crippen LogP contribution in [0.25, 0.3) is 0 Å². The monoisotopic (exact) mass is 319 g/mol. The van der Waals surface area contributed by atoms with E-state index in [9.17, 15) is 9.18 Å². The van der Waals surface area contributed by atoms with Gasteiger partial charge in [0.1, 0.15) is 5.82 Å². The van der Waals surface area contributed by atoms with Crippen molar-refractivity contribution in [2.75, 3.05) is 5.32 Å². The van der Waals surface area contributed by atoms with Gasteiger partial charge in [0.25, 0.3) is 0 Å². The van der Waals surface area contributed by atoms with Crippen molar-refractivity contribution in [3.63, 3.8) is 0 Å². The molecule has 0 bridgehead atoms. The Morgan fingerprint density at radius 3 is 1.92 bits per heavy atom. The standard InChI is InChI=1S/C21H18FNO/c1-15-14-18(22)12-13-19(15)23-21(24)20(16-8-4-2-5-9-16)17-10-6-3-7-11-17/h2-14,20H,1H3,(H,23,24). The third-order valence-electron chi connectivity index (χ3n) is 3.97. The predicted molar refractivity (Wildman–Crippen MR) is 94.5 cm³/mol. The van der Waals surface area contributed by atoms with Crippen molar-refractivity contribution in [2.24, 2.45) is 0 Å². The third-order valence-corrected chi connectivity index (χ3v) is 3.97. The van der Waals surface area contributed by atoms with Crippen LogP contribution in [0.15, 0.2) is 78.9 Å². The number of hydrogen-bond acceptors (Lipinski definition) is 1. The molecule has 0 aromatic heterocycles. The number of aryl methyl sites for hydroxylation is 1. The first-order chi connectivity index (χ1) is 11.6. The summed E-state index contributed by atoms with van der Waals surface area (Å²) in [6.07, 6.45) is 0. The highest BCUT2D eigenvalue weighted by atomic mass is 19.1. The van der Waals surface area contributed by atoms with Gasteiger partial charge in [0.15, 0.2) is 0 Å². The first-order valence-corrected chi connectivity index (χ1v) is 7.82. The smallest absolute Gasteiger partial charge is 0.236 e. The molecular formula is C21H18FNO. The van der Waals surface area contributed by atoms with Gasteiger partial charge < -0.3 is 5.32 Å². The van der Waals surface area contributed by atoms with Crippen molar-refractivity contribution >= 4 is 11.6 Å². The molecule has 24 heavy (non-hydrogen) atoms. The zero-order chi connectivity index (χ0) is 16.9. The second kappa shape index (κ2) is 7.09. The van der Waals surface area contributed by atoms with Crippen molar-refractivity contribution in [3.05, 3.63) is 101 Å². The van der Waals surface area contributed by atoms with Crippen molar-refractivity contribution < 1.29 is 9.18 Å². The van der Waals surface area contributed by atoms with E-state index in [1.165, 1.54) is 12.1 Å². The molecule has 3 heteroatoms. The van der Waals surface area contributed by atoms with E-state index in [0.717, 1.165) is 11.1 Å². The molecule has 3 aromatic carbocycles. The Morgan fingerprint density at radius 1 is 0.875 bits per heavy atom. The minimum atomic E-state index is -0.420. The van der Waals surface area contributed by atoms with Crippen LogP contribution in [0.4, 0.5) is 10.1 Å². The number of halogens is 1. The molecule has 0 saturated heterocycles. The summed E-state index contributed by atoms with van der Waals surface area (Å²) in [5.41, 5.74) is 3.16. The van der Waals surface area contributed by atoms with Gasteiger partial charge in [0, 0.05) is 5.69 Å². The van der Waals surface area contributed by atoms with Crippen LogP contribution in [0, 0.1) is 12.7 Å². The average Bonchev–Trinajstić information content (AvgIpc) is 2.60. The van der Waals surface area contributed by atoms with Gasteiger partial charge in [-0.25, -0.2) is 4.39 Å². The lowest BCUT2D eigenvalue weighted by Crippen LogP contribution is -2.22. The SMILES string of the molecule is Cc1cc(F)ccc1NC(=O)C(c1ccccc1)c1ccccc1. The molecule has 0 aliphatic heterocycles. The van der Waals surface area contributed by atoms with Gasteiger partial charge in [0.05, 0.1) is 5.92 Å². The Balaban J connectivity index is 1.95. The maximum absolute atomic E-state index is 13.3. The molecule has 0 fully saturated rings. The molecule has 0 radical (unpaired) electrons. The molecular weight excluding hydrogens is 301 g/mol. The number of nitrogens with one attached hydrogen (secondary N) is 1. The van der Waals surface area contributed by atoms with E-state index in [0.29, 0.717) is 11.3 Å². The topological polar surface area (TPSA) is 29.1 Å². The van der Waals surface area contributed by atoms with Crippen LogP contribution in [-0.4, -0.2) is 5.91 Å².